The highest BCUT2D eigenvalue weighted by Crippen LogP contribution is 2.27. The Labute approximate surface area is 172 Å². The minimum Gasteiger partial charge on any atom is -0.508 e. The average molecular weight is 412 g/mol. The van der Waals surface area contributed by atoms with Gasteiger partial charge >= 0.3 is 6.18 Å². The van der Waals surface area contributed by atoms with Crippen molar-refractivity contribution in [3.05, 3.63) is 89.0 Å². The summed E-state index contributed by atoms with van der Waals surface area (Å²) < 4.78 is 43.0. The molecule has 154 valence electrons. The van der Waals surface area contributed by atoms with Crippen LogP contribution >= 0.6 is 0 Å². The fourth-order valence-electron chi connectivity index (χ4n) is 2.63. The van der Waals surface area contributed by atoms with Gasteiger partial charge in [0.25, 0.3) is 0 Å². The van der Waals surface area contributed by atoms with E-state index in [2.05, 4.69) is 0 Å². The summed E-state index contributed by atoms with van der Waals surface area (Å²) in [6.45, 7) is -1.39. The molecule has 0 aromatic heterocycles. The molecule has 0 unspecified atom stereocenters. The molecule has 6 heteroatoms. The molecule has 0 aliphatic heterocycles. The quantitative estimate of drug-likeness (QED) is 0.462. The van der Waals surface area contributed by atoms with Gasteiger partial charge in [-0.05, 0) is 47.0 Å². The van der Waals surface area contributed by atoms with E-state index in [0.717, 1.165) is 11.1 Å². The molecule has 0 bridgehead atoms. The SMILES string of the molecule is Oc1ccc(/C=C/c2ccc(/C=C/c3ccc(O)cc3)c(OCC(F)(F)F)c2)cc1. The van der Waals surface area contributed by atoms with Gasteiger partial charge in [0.15, 0.2) is 6.61 Å². The van der Waals surface area contributed by atoms with E-state index in [0.29, 0.717) is 11.1 Å². The molecule has 3 aromatic rings. The van der Waals surface area contributed by atoms with E-state index in [-0.39, 0.29) is 17.2 Å². The number of hydrogen-bond acceptors (Lipinski definition) is 3. The number of halogens is 3. The van der Waals surface area contributed by atoms with Crippen molar-refractivity contribution in [3.63, 3.8) is 0 Å². The van der Waals surface area contributed by atoms with Crippen molar-refractivity contribution >= 4 is 24.3 Å². The van der Waals surface area contributed by atoms with Gasteiger partial charge in [-0.25, -0.2) is 0 Å². The molecular formula is C24H19F3O3. The maximum Gasteiger partial charge on any atom is 0.422 e. The summed E-state index contributed by atoms with van der Waals surface area (Å²) in [5.74, 6) is 0.390. The first-order valence-corrected chi connectivity index (χ1v) is 9.06. The predicted octanol–water partition coefficient (Wildman–Crippen LogP) is 6.38. The van der Waals surface area contributed by atoms with E-state index in [4.69, 9.17) is 4.74 Å². The van der Waals surface area contributed by atoms with Crippen LogP contribution in [0.15, 0.2) is 66.7 Å². The Morgan fingerprint density at radius 3 is 1.67 bits per heavy atom. The lowest BCUT2D eigenvalue weighted by atomic mass is 10.1. The second-order valence-electron chi connectivity index (χ2n) is 6.55. The Hall–Kier alpha value is -3.67. The maximum atomic E-state index is 12.7. The van der Waals surface area contributed by atoms with Crippen LogP contribution < -0.4 is 4.74 Å². The standard InChI is InChI=1S/C24H19F3O3/c25-24(26,27)16-30-23-15-19(2-1-17-5-11-21(28)12-6-17)4-10-20(23)9-3-18-7-13-22(29)14-8-18/h1-15,28-29H,16H2/b2-1+,9-3+. The average Bonchev–Trinajstić information content (AvgIpc) is 2.71. The van der Waals surface area contributed by atoms with Gasteiger partial charge in [0, 0.05) is 5.56 Å². The topological polar surface area (TPSA) is 49.7 Å². The van der Waals surface area contributed by atoms with Gasteiger partial charge in [0.05, 0.1) is 0 Å². The first-order chi connectivity index (χ1) is 14.3. The van der Waals surface area contributed by atoms with Crippen molar-refractivity contribution in [3.8, 4) is 17.2 Å². The number of alkyl halides is 3. The van der Waals surface area contributed by atoms with Crippen LogP contribution in [0.2, 0.25) is 0 Å². The molecule has 0 radical (unpaired) electrons. The Balaban J connectivity index is 1.85. The van der Waals surface area contributed by atoms with Gasteiger partial charge < -0.3 is 14.9 Å². The lowest BCUT2D eigenvalue weighted by Gasteiger charge is -2.12. The Bertz CT molecular complexity index is 1030. The van der Waals surface area contributed by atoms with E-state index in [1.165, 1.54) is 12.1 Å². The third-order valence-electron chi connectivity index (χ3n) is 4.14. The van der Waals surface area contributed by atoms with Crippen molar-refractivity contribution in [2.24, 2.45) is 0 Å². The molecule has 0 heterocycles. The number of benzene rings is 3. The summed E-state index contributed by atoms with van der Waals surface area (Å²) in [7, 11) is 0. The van der Waals surface area contributed by atoms with Crippen LogP contribution in [-0.2, 0) is 0 Å². The molecule has 2 N–H and O–H groups in total. The third-order valence-corrected chi connectivity index (χ3v) is 4.14. The Kier molecular flexibility index (Phi) is 6.47. The summed E-state index contributed by atoms with van der Waals surface area (Å²) in [5.41, 5.74) is 2.78. The zero-order valence-electron chi connectivity index (χ0n) is 15.8. The van der Waals surface area contributed by atoms with Crippen molar-refractivity contribution in [2.45, 2.75) is 6.18 Å². The molecule has 30 heavy (non-hydrogen) atoms. The highest BCUT2D eigenvalue weighted by molar-refractivity contribution is 5.76. The molecule has 0 spiro atoms. The van der Waals surface area contributed by atoms with Crippen molar-refractivity contribution in [2.75, 3.05) is 6.61 Å². The smallest absolute Gasteiger partial charge is 0.422 e. The second-order valence-corrected chi connectivity index (χ2v) is 6.55. The van der Waals surface area contributed by atoms with Gasteiger partial charge in [-0.1, -0.05) is 60.7 Å². The highest BCUT2D eigenvalue weighted by Gasteiger charge is 2.28. The second kappa shape index (κ2) is 9.22. The van der Waals surface area contributed by atoms with Crippen molar-refractivity contribution < 1.29 is 28.1 Å². The fourth-order valence-corrected chi connectivity index (χ4v) is 2.63. The highest BCUT2D eigenvalue weighted by atomic mass is 19.4. The first kappa shape index (κ1) is 21.0. The molecular weight excluding hydrogens is 393 g/mol. The number of ether oxygens (including phenoxy) is 1. The lowest BCUT2D eigenvalue weighted by molar-refractivity contribution is -0.153. The van der Waals surface area contributed by atoms with Crippen LogP contribution in [0.1, 0.15) is 22.3 Å². The van der Waals surface area contributed by atoms with E-state index < -0.39 is 12.8 Å². The molecule has 0 fully saturated rings. The molecule has 0 saturated carbocycles. The Morgan fingerprint density at radius 1 is 0.667 bits per heavy atom. The van der Waals surface area contributed by atoms with Crippen LogP contribution in [0.25, 0.3) is 24.3 Å². The molecule has 0 aliphatic rings. The Morgan fingerprint density at radius 2 is 1.13 bits per heavy atom. The van der Waals surface area contributed by atoms with Gasteiger partial charge in [-0.3, -0.25) is 0 Å². The number of rotatable bonds is 6. The monoisotopic (exact) mass is 412 g/mol. The summed E-state index contributed by atoms with van der Waals surface area (Å²) in [6.07, 6.45) is 2.47. The van der Waals surface area contributed by atoms with Crippen LogP contribution in [0, 0.1) is 0 Å². The summed E-state index contributed by atoms with van der Waals surface area (Å²) in [5, 5.41) is 18.7. The van der Waals surface area contributed by atoms with Crippen LogP contribution in [-0.4, -0.2) is 23.0 Å². The van der Waals surface area contributed by atoms with Crippen molar-refractivity contribution in [1.29, 1.82) is 0 Å². The van der Waals surface area contributed by atoms with Crippen LogP contribution in [0.5, 0.6) is 17.2 Å². The molecule has 3 aromatic carbocycles. The molecule has 0 atom stereocenters. The molecule has 3 rings (SSSR count). The van der Waals surface area contributed by atoms with E-state index in [1.807, 2.05) is 0 Å². The van der Waals surface area contributed by atoms with Crippen LogP contribution in [0.3, 0.4) is 0 Å². The zero-order valence-corrected chi connectivity index (χ0v) is 15.8. The third kappa shape index (κ3) is 6.44. The van der Waals surface area contributed by atoms with E-state index in [1.54, 1.807) is 78.9 Å². The van der Waals surface area contributed by atoms with Gasteiger partial charge in [-0.2, -0.15) is 13.2 Å². The largest absolute Gasteiger partial charge is 0.508 e. The lowest BCUT2D eigenvalue weighted by Crippen LogP contribution is -2.19. The van der Waals surface area contributed by atoms with Gasteiger partial charge in [0.1, 0.15) is 17.2 Å². The molecule has 3 nitrogen and oxygen atoms in total. The molecule has 0 saturated heterocycles. The molecule has 0 aliphatic carbocycles. The predicted molar refractivity (Wildman–Crippen MR) is 112 cm³/mol. The van der Waals surface area contributed by atoms with Gasteiger partial charge in [-0.15, -0.1) is 0 Å². The minimum absolute atomic E-state index is 0.107. The normalized spacial score (nSPS) is 12.0. The summed E-state index contributed by atoms with van der Waals surface area (Å²) in [4.78, 5) is 0. The number of aromatic hydroxyl groups is 2. The zero-order chi connectivity index (χ0) is 21.6. The van der Waals surface area contributed by atoms with Crippen molar-refractivity contribution in [1.82, 2.24) is 0 Å². The molecule has 0 amide bonds. The fraction of sp³-hybridized carbons (Fsp3) is 0.0833. The van der Waals surface area contributed by atoms with E-state index in [9.17, 15) is 23.4 Å². The number of phenols is 2. The summed E-state index contributed by atoms with van der Waals surface area (Å²) in [6, 6.07) is 18.0. The van der Waals surface area contributed by atoms with E-state index >= 15 is 0 Å². The van der Waals surface area contributed by atoms with Crippen LogP contribution in [0.4, 0.5) is 13.2 Å². The summed E-state index contributed by atoms with van der Waals surface area (Å²) >= 11 is 0. The minimum atomic E-state index is -4.45. The number of phenolic OH excluding ortho intramolecular Hbond substituents is 2. The van der Waals surface area contributed by atoms with Gasteiger partial charge in [0.2, 0.25) is 0 Å². The first-order valence-electron chi connectivity index (χ1n) is 9.06. The maximum absolute atomic E-state index is 12.7. The number of hydrogen-bond donors (Lipinski definition) is 2.